The zero-order valence-electron chi connectivity index (χ0n) is 12.2. The van der Waals surface area contributed by atoms with Crippen LogP contribution in [0, 0.1) is 5.92 Å². The molecule has 3 aliphatic heterocycles. The summed E-state index contributed by atoms with van der Waals surface area (Å²) in [6.07, 6.45) is 2.82. The number of carbonyl (C=O) groups is 1. The van der Waals surface area contributed by atoms with Crippen LogP contribution in [0.1, 0.15) is 18.5 Å². The van der Waals surface area contributed by atoms with Crippen molar-refractivity contribution in [1.29, 1.82) is 0 Å². The predicted octanol–water partition coefficient (Wildman–Crippen LogP) is 2.81. The van der Waals surface area contributed by atoms with Crippen LogP contribution in [0.5, 0.6) is 0 Å². The summed E-state index contributed by atoms with van der Waals surface area (Å²) in [5, 5.41) is 4.33. The Morgan fingerprint density at radius 2 is 2.23 bits per heavy atom. The molecule has 6 heteroatoms. The average molecular weight is 380 g/mol. The van der Waals surface area contributed by atoms with Gasteiger partial charge in [-0.3, -0.25) is 4.79 Å². The molecule has 1 aromatic carbocycles. The Bertz CT molecular complexity index is 708. The monoisotopic (exact) mass is 379 g/mol. The summed E-state index contributed by atoms with van der Waals surface area (Å²) in [6, 6.07) is 6.43. The second-order valence-electron chi connectivity index (χ2n) is 6.26. The third kappa shape index (κ3) is 2.79. The molecule has 1 aromatic heterocycles. The molecule has 1 N–H and O–H groups in total. The summed E-state index contributed by atoms with van der Waals surface area (Å²) in [6.45, 7) is 3.41. The first kappa shape index (κ1) is 14.6. The molecular weight excluding hydrogens is 362 g/mol. The van der Waals surface area contributed by atoms with Crippen LogP contribution in [0.25, 0.3) is 10.1 Å². The number of benzene rings is 1. The maximum Gasteiger partial charge on any atom is 0.226 e. The second kappa shape index (κ2) is 5.91. The Kier molecular flexibility index (Phi) is 3.92. The van der Waals surface area contributed by atoms with E-state index in [0.29, 0.717) is 18.4 Å². The van der Waals surface area contributed by atoms with Crippen LogP contribution in [0.3, 0.4) is 0 Å². The Morgan fingerprint density at radius 3 is 2.95 bits per heavy atom. The number of hydrogen-bond acceptors (Lipinski definition) is 4. The number of nitrogens with one attached hydrogen (secondary N) is 1. The molecular formula is C16H18BrN3OS. The maximum atomic E-state index is 12.4. The molecule has 22 heavy (non-hydrogen) atoms. The number of piperidine rings is 3. The van der Waals surface area contributed by atoms with E-state index in [-0.39, 0.29) is 5.91 Å². The quantitative estimate of drug-likeness (QED) is 0.891. The van der Waals surface area contributed by atoms with E-state index in [2.05, 4.69) is 36.6 Å². The Balaban J connectivity index is 1.45. The van der Waals surface area contributed by atoms with Gasteiger partial charge in [0.05, 0.1) is 16.8 Å². The van der Waals surface area contributed by atoms with Crippen LogP contribution < -0.4 is 5.32 Å². The van der Waals surface area contributed by atoms with Gasteiger partial charge < -0.3 is 10.2 Å². The lowest BCUT2D eigenvalue weighted by atomic mass is 9.84. The largest absolute Gasteiger partial charge is 0.351 e. The van der Waals surface area contributed by atoms with Crippen molar-refractivity contribution in [3.63, 3.8) is 0 Å². The van der Waals surface area contributed by atoms with Gasteiger partial charge in [0.15, 0.2) is 0 Å². The first-order valence-electron chi connectivity index (χ1n) is 7.74. The molecule has 4 nitrogen and oxygen atoms in total. The minimum atomic E-state index is 0.105. The SMILES string of the molecule is O=C(Cc1nsc2cc(Br)ccc12)N[C@H]1CN2CCC1CC2. The number of halogens is 1. The summed E-state index contributed by atoms with van der Waals surface area (Å²) in [7, 11) is 0. The highest BCUT2D eigenvalue weighted by atomic mass is 79.9. The summed E-state index contributed by atoms with van der Waals surface area (Å²) in [5.74, 6) is 0.769. The molecule has 3 aliphatic rings. The van der Waals surface area contributed by atoms with E-state index in [1.807, 2.05) is 12.1 Å². The van der Waals surface area contributed by atoms with E-state index in [1.54, 1.807) is 0 Å². The molecule has 116 valence electrons. The van der Waals surface area contributed by atoms with Gasteiger partial charge in [-0.1, -0.05) is 22.0 Å². The zero-order valence-corrected chi connectivity index (χ0v) is 14.6. The van der Waals surface area contributed by atoms with Gasteiger partial charge in [-0.15, -0.1) is 0 Å². The molecule has 4 heterocycles. The highest BCUT2D eigenvalue weighted by Crippen LogP contribution is 2.28. The molecule has 1 amide bonds. The van der Waals surface area contributed by atoms with E-state index in [1.165, 1.54) is 37.5 Å². The fourth-order valence-corrected chi connectivity index (χ4v) is 4.98. The fraction of sp³-hybridized carbons (Fsp3) is 0.500. The molecule has 0 radical (unpaired) electrons. The van der Waals surface area contributed by atoms with E-state index in [4.69, 9.17) is 0 Å². The third-order valence-corrected chi connectivity index (χ3v) is 6.18. The van der Waals surface area contributed by atoms with Gasteiger partial charge in [-0.25, -0.2) is 0 Å². The molecule has 0 unspecified atom stereocenters. The van der Waals surface area contributed by atoms with Crippen LogP contribution in [0.2, 0.25) is 0 Å². The van der Waals surface area contributed by atoms with E-state index in [0.717, 1.165) is 26.8 Å². The first-order chi connectivity index (χ1) is 10.7. The van der Waals surface area contributed by atoms with Crippen molar-refractivity contribution in [2.45, 2.75) is 25.3 Å². The van der Waals surface area contributed by atoms with Crippen LogP contribution >= 0.6 is 27.5 Å². The van der Waals surface area contributed by atoms with Gasteiger partial charge in [0, 0.05) is 22.4 Å². The van der Waals surface area contributed by atoms with Crippen LogP contribution in [-0.2, 0) is 11.2 Å². The van der Waals surface area contributed by atoms with E-state index < -0.39 is 0 Å². The maximum absolute atomic E-state index is 12.4. The molecule has 0 spiro atoms. The summed E-state index contributed by atoms with van der Waals surface area (Å²) in [4.78, 5) is 14.9. The van der Waals surface area contributed by atoms with Crippen molar-refractivity contribution >= 4 is 43.5 Å². The highest BCUT2D eigenvalue weighted by Gasteiger charge is 2.34. The molecule has 3 fully saturated rings. The molecule has 1 atom stereocenters. The Morgan fingerprint density at radius 1 is 1.41 bits per heavy atom. The lowest BCUT2D eigenvalue weighted by Gasteiger charge is -2.44. The molecule has 0 saturated carbocycles. The van der Waals surface area contributed by atoms with Crippen LogP contribution in [0.4, 0.5) is 0 Å². The molecule has 0 aliphatic carbocycles. The molecule has 2 aromatic rings. The number of nitrogens with zero attached hydrogens (tertiary/aromatic N) is 2. The first-order valence-corrected chi connectivity index (χ1v) is 9.31. The minimum Gasteiger partial charge on any atom is -0.351 e. The lowest BCUT2D eigenvalue weighted by molar-refractivity contribution is -0.122. The number of aromatic nitrogens is 1. The highest BCUT2D eigenvalue weighted by molar-refractivity contribution is 9.10. The second-order valence-corrected chi connectivity index (χ2v) is 7.98. The standard InChI is InChI=1S/C16H18BrN3OS/c17-11-1-2-12-13(19-22-15(12)7-11)8-16(21)18-14-9-20-5-3-10(14)4-6-20/h1-2,7,10,14H,3-6,8-9H2,(H,18,21)/t14-/m0/s1. The van der Waals surface area contributed by atoms with Gasteiger partial charge in [0.1, 0.15) is 0 Å². The number of amides is 1. The topological polar surface area (TPSA) is 45.2 Å². The summed E-state index contributed by atoms with van der Waals surface area (Å²) >= 11 is 4.93. The molecule has 2 bridgehead atoms. The number of fused-ring (bicyclic) bond motifs is 4. The molecule has 5 rings (SSSR count). The van der Waals surface area contributed by atoms with Crippen molar-refractivity contribution < 1.29 is 4.79 Å². The van der Waals surface area contributed by atoms with Crippen molar-refractivity contribution in [3.05, 3.63) is 28.4 Å². The predicted molar refractivity (Wildman–Crippen MR) is 92.1 cm³/mol. The van der Waals surface area contributed by atoms with Gasteiger partial charge in [0.25, 0.3) is 0 Å². The van der Waals surface area contributed by atoms with Crippen molar-refractivity contribution in [2.24, 2.45) is 5.92 Å². The van der Waals surface area contributed by atoms with E-state index in [9.17, 15) is 4.79 Å². The minimum absolute atomic E-state index is 0.105. The number of hydrogen-bond donors (Lipinski definition) is 1. The number of rotatable bonds is 3. The lowest BCUT2D eigenvalue weighted by Crippen LogP contribution is -2.57. The van der Waals surface area contributed by atoms with E-state index >= 15 is 0 Å². The van der Waals surface area contributed by atoms with Gasteiger partial charge in [-0.2, -0.15) is 4.37 Å². The normalized spacial score (nSPS) is 27.2. The fourth-order valence-electron chi connectivity index (χ4n) is 3.63. The van der Waals surface area contributed by atoms with Crippen molar-refractivity contribution in [2.75, 3.05) is 19.6 Å². The Hall–Kier alpha value is -0.980. The summed E-state index contributed by atoms with van der Waals surface area (Å²) < 4.78 is 6.64. The van der Waals surface area contributed by atoms with Crippen LogP contribution in [0.15, 0.2) is 22.7 Å². The van der Waals surface area contributed by atoms with Gasteiger partial charge in [0.2, 0.25) is 5.91 Å². The average Bonchev–Trinajstić information content (AvgIpc) is 2.90. The number of carbonyl (C=O) groups excluding carboxylic acids is 1. The zero-order chi connectivity index (χ0) is 15.1. The van der Waals surface area contributed by atoms with Gasteiger partial charge >= 0.3 is 0 Å². The summed E-state index contributed by atoms with van der Waals surface area (Å²) in [5.41, 5.74) is 0.895. The van der Waals surface area contributed by atoms with Gasteiger partial charge in [-0.05, 0) is 55.5 Å². The van der Waals surface area contributed by atoms with Crippen molar-refractivity contribution in [1.82, 2.24) is 14.6 Å². The third-order valence-electron chi connectivity index (χ3n) is 4.84. The van der Waals surface area contributed by atoms with Crippen LogP contribution in [-0.4, -0.2) is 40.9 Å². The van der Waals surface area contributed by atoms with Crippen molar-refractivity contribution in [3.8, 4) is 0 Å². The molecule has 3 saturated heterocycles. The smallest absolute Gasteiger partial charge is 0.226 e. The Labute approximate surface area is 142 Å².